The van der Waals surface area contributed by atoms with Crippen LogP contribution >= 0.6 is 0 Å². The van der Waals surface area contributed by atoms with Gasteiger partial charge < -0.3 is 20.5 Å². The summed E-state index contributed by atoms with van der Waals surface area (Å²) in [4.78, 5) is 11.5. The first-order chi connectivity index (χ1) is 8.72. The molecule has 0 aromatic heterocycles. The van der Waals surface area contributed by atoms with Crippen LogP contribution in [0.4, 0.5) is 0 Å². The molecular weight excluding hydrogens is 232 g/mol. The molecule has 0 saturated heterocycles. The Kier molecular flexibility index (Phi) is 4.04. The van der Waals surface area contributed by atoms with Crippen LogP contribution in [0, 0.1) is 0 Å². The highest BCUT2D eigenvalue weighted by atomic mass is 16.6. The van der Waals surface area contributed by atoms with Gasteiger partial charge in [0.15, 0.2) is 11.5 Å². The summed E-state index contributed by atoms with van der Waals surface area (Å²) >= 11 is 0. The molecule has 3 N–H and O–H groups in total. The molecule has 18 heavy (non-hydrogen) atoms. The van der Waals surface area contributed by atoms with Crippen molar-refractivity contribution in [2.24, 2.45) is 5.73 Å². The first-order valence-electron chi connectivity index (χ1n) is 6.14. The smallest absolute Gasteiger partial charge is 0.239 e. The van der Waals surface area contributed by atoms with E-state index in [2.05, 4.69) is 5.32 Å². The van der Waals surface area contributed by atoms with E-state index in [1.165, 1.54) is 0 Å². The van der Waals surface area contributed by atoms with E-state index in [1.54, 1.807) is 0 Å². The lowest BCUT2D eigenvalue weighted by atomic mass is 10.1. The van der Waals surface area contributed by atoms with Gasteiger partial charge >= 0.3 is 0 Å². The molecule has 1 aromatic carbocycles. The minimum Gasteiger partial charge on any atom is -0.486 e. The number of hydrogen-bond acceptors (Lipinski definition) is 4. The van der Waals surface area contributed by atoms with E-state index >= 15 is 0 Å². The summed E-state index contributed by atoms with van der Waals surface area (Å²) in [5.74, 6) is 0.993. The molecule has 0 bridgehead atoms. The molecule has 5 nitrogen and oxygen atoms in total. The number of carbonyl (C=O) groups excluding carboxylic acids is 1. The first-order valence-corrected chi connectivity index (χ1v) is 6.14. The van der Waals surface area contributed by atoms with Crippen molar-refractivity contribution in [1.82, 2.24) is 5.32 Å². The Hall–Kier alpha value is -1.75. The number of rotatable bonds is 5. The van der Waals surface area contributed by atoms with Gasteiger partial charge in [0.1, 0.15) is 19.3 Å². The molecule has 5 heteroatoms. The number of nitrogens with one attached hydrogen (secondary N) is 1. The van der Waals surface area contributed by atoms with Crippen molar-refractivity contribution in [3.63, 3.8) is 0 Å². The van der Waals surface area contributed by atoms with Crippen LogP contribution < -0.4 is 20.5 Å². The quantitative estimate of drug-likeness (QED) is 0.817. The third-order valence-electron chi connectivity index (χ3n) is 2.78. The van der Waals surface area contributed by atoms with Crippen molar-refractivity contribution in [3.8, 4) is 11.5 Å². The Morgan fingerprint density at radius 1 is 1.39 bits per heavy atom. The van der Waals surface area contributed by atoms with E-state index in [4.69, 9.17) is 15.2 Å². The molecule has 98 valence electrons. The molecule has 1 aliphatic heterocycles. The van der Waals surface area contributed by atoms with Crippen molar-refractivity contribution >= 4 is 5.91 Å². The van der Waals surface area contributed by atoms with E-state index in [9.17, 15) is 4.79 Å². The predicted octanol–water partition coefficient (Wildman–Crippen LogP) is 0.984. The number of hydrogen-bond donors (Lipinski definition) is 2. The van der Waals surface area contributed by atoms with Crippen LogP contribution in [0.1, 0.15) is 24.9 Å². The van der Waals surface area contributed by atoms with Gasteiger partial charge in [-0.2, -0.15) is 0 Å². The molecule has 1 aliphatic rings. The lowest BCUT2D eigenvalue weighted by molar-refractivity contribution is -0.120. The van der Waals surface area contributed by atoms with Gasteiger partial charge in [-0.05, 0) is 30.7 Å². The molecule has 1 unspecified atom stereocenters. The Bertz CT molecular complexity index is 434. The zero-order valence-electron chi connectivity index (χ0n) is 10.4. The lowest BCUT2D eigenvalue weighted by Gasteiger charge is -2.21. The second-order valence-electron chi connectivity index (χ2n) is 4.19. The fourth-order valence-corrected chi connectivity index (χ4v) is 1.91. The number of primary amides is 1. The van der Waals surface area contributed by atoms with Crippen molar-refractivity contribution in [2.75, 3.05) is 19.8 Å². The van der Waals surface area contributed by atoms with Gasteiger partial charge in [-0.15, -0.1) is 0 Å². The average molecular weight is 250 g/mol. The number of nitrogens with two attached hydrogens (primary N) is 1. The summed E-state index contributed by atoms with van der Waals surface area (Å²) in [6.45, 7) is 3.86. The van der Waals surface area contributed by atoms with Crippen molar-refractivity contribution in [1.29, 1.82) is 0 Å². The minimum absolute atomic E-state index is 0.389. The number of fused-ring (bicyclic) bond motifs is 1. The minimum atomic E-state index is -0.485. The Balaban J connectivity index is 2.22. The van der Waals surface area contributed by atoms with E-state index in [0.717, 1.165) is 18.5 Å². The second kappa shape index (κ2) is 5.73. The maximum Gasteiger partial charge on any atom is 0.239 e. The van der Waals surface area contributed by atoms with Crippen LogP contribution in [0.25, 0.3) is 0 Å². The fraction of sp³-hybridized carbons (Fsp3) is 0.462. The van der Waals surface area contributed by atoms with E-state index in [-0.39, 0.29) is 5.91 Å². The lowest BCUT2D eigenvalue weighted by Crippen LogP contribution is -2.34. The highest BCUT2D eigenvalue weighted by Crippen LogP contribution is 2.32. The fourth-order valence-electron chi connectivity index (χ4n) is 1.91. The normalized spacial score (nSPS) is 15.2. The SMILES string of the molecule is CCCNC(C(N)=O)c1ccc2c(c1)OCCO2. The summed E-state index contributed by atoms with van der Waals surface area (Å²) in [5, 5.41) is 3.12. The second-order valence-corrected chi connectivity index (χ2v) is 4.19. The van der Waals surface area contributed by atoms with E-state index < -0.39 is 6.04 Å². The maximum atomic E-state index is 11.5. The molecule has 0 radical (unpaired) electrons. The average Bonchev–Trinajstić information content (AvgIpc) is 2.38. The van der Waals surface area contributed by atoms with Crippen LogP contribution in [0.5, 0.6) is 11.5 Å². The molecule has 2 rings (SSSR count). The summed E-state index contributed by atoms with van der Waals surface area (Å²) in [7, 11) is 0. The van der Waals surface area contributed by atoms with Crippen LogP contribution in [0.15, 0.2) is 18.2 Å². The van der Waals surface area contributed by atoms with E-state index in [1.807, 2.05) is 25.1 Å². The number of carbonyl (C=O) groups is 1. The van der Waals surface area contributed by atoms with Gasteiger partial charge in [0, 0.05) is 0 Å². The van der Waals surface area contributed by atoms with Crippen LogP contribution in [-0.2, 0) is 4.79 Å². The largest absolute Gasteiger partial charge is 0.486 e. The van der Waals surface area contributed by atoms with Gasteiger partial charge in [-0.3, -0.25) is 4.79 Å². The third-order valence-corrected chi connectivity index (χ3v) is 2.78. The number of benzene rings is 1. The Labute approximate surface area is 106 Å². The van der Waals surface area contributed by atoms with E-state index in [0.29, 0.717) is 24.7 Å². The van der Waals surface area contributed by atoms with Gasteiger partial charge in [-0.25, -0.2) is 0 Å². The highest BCUT2D eigenvalue weighted by Gasteiger charge is 2.20. The Morgan fingerprint density at radius 3 is 2.78 bits per heavy atom. The molecule has 0 aliphatic carbocycles. The molecule has 0 spiro atoms. The molecule has 1 heterocycles. The van der Waals surface area contributed by atoms with Gasteiger partial charge in [0.25, 0.3) is 0 Å². The van der Waals surface area contributed by atoms with Crippen molar-refractivity contribution in [3.05, 3.63) is 23.8 Å². The third kappa shape index (κ3) is 2.73. The monoisotopic (exact) mass is 250 g/mol. The summed E-state index contributed by atoms with van der Waals surface area (Å²) in [6, 6.07) is 4.98. The summed E-state index contributed by atoms with van der Waals surface area (Å²) in [6.07, 6.45) is 0.939. The van der Waals surface area contributed by atoms with Crippen LogP contribution in [-0.4, -0.2) is 25.7 Å². The highest BCUT2D eigenvalue weighted by molar-refractivity contribution is 5.81. The topological polar surface area (TPSA) is 73.6 Å². The number of amides is 1. The summed E-state index contributed by atoms with van der Waals surface area (Å²) in [5.41, 5.74) is 6.22. The van der Waals surface area contributed by atoms with Crippen LogP contribution in [0.2, 0.25) is 0 Å². The summed E-state index contributed by atoms with van der Waals surface area (Å²) < 4.78 is 10.9. The number of ether oxygens (including phenoxy) is 2. The zero-order chi connectivity index (χ0) is 13.0. The molecule has 0 fully saturated rings. The van der Waals surface area contributed by atoms with Gasteiger partial charge in [-0.1, -0.05) is 13.0 Å². The molecule has 1 amide bonds. The molecule has 1 aromatic rings. The first kappa shape index (κ1) is 12.7. The maximum absolute atomic E-state index is 11.5. The van der Waals surface area contributed by atoms with Gasteiger partial charge in [0.2, 0.25) is 5.91 Å². The molecule has 0 saturated carbocycles. The van der Waals surface area contributed by atoms with Crippen LogP contribution in [0.3, 0.4) is 0 Å². The van der Waals surface area contributed by atoms with Gasteiger partial charge in [0.05, 0.1) is 0 Å². The molecular formula is C13H18N2O3. The predicted molar refractivity (Wildman–Crippen MR) is 67.7 cm³/mol. The van der Waals surface area contributed by atoms with Crippen molar-refractivity contribution < 1.29 is 14.3 Å². The zero-order valence-corrected chi connectivity index (χ0v) is 10.4. The van der Waals surface area contributed by atoms with Crippen molar-refractivity contribution in [2.45, 2.75) is 19.4 Å². The standard InChI is InChI=1S/C13H18N2O3/c1-2-5-15-12(13(14)16)9-3-4-10-11(8-9)18-7-6-17-10/h3-4,8,12,15H,2,5-7H2,1H3,(H2,14,16). The Morgan fingerprint density at radius 2 is 2.11 bits per heavy atom. The molecule has 1 atom stereocenters.